The van der Waals surface area contributed by atoms with Crippen LogP contribution >= 0.6 is 0 Å². The van der Waals surface area contributed by atoms with E-state index in [1.165, 1.54) is 7.11 Å². The van der Waals surface area contributed by atoms with Crippen LogP contribution < -0.4 is 0 Å². The van der Waals surface area contributed by atoms with Gasteiger partial charge in [-0.3, -0.25) is 0 Å². The van der Waals surface area contributed by atoms with Crippen molar-refractivity contribution in [2.45, 2.75) is 6.92 Å². The van der Waals surface area contributed by atoms with Gasteiger partial charge >= 0.3 is 11.9 Å². The van der Waals surface area contributed by atoms with E-state index >= 15 is 0 Å². The summed E-state index contributed by atoms with van der Waals surface area (Å²) in [4.78, 5) is 23.9. The number of nitrogens with one attached hydrogen (secondary N) is 1. The molecular weight excluding hydrogens is 334 g/mol. The summed E-state index contributed by atoms with van der Waals surface area (Å²) in [6, 6.07) is 14.5. The minimum atomic E-state index is -0.547. The summed E-state index contributed by atoms with van der Waals surface area (Å²) >= 11 is 0. The number of hydrogen-bond acceptors (Lipinski definition) is 6. The Morgan fingerprint density at radius 3 is 2.50 bits per heavy atom. The molecule has 0 spiro atoms. The maximum Gasteiger partial charge on any atom is 0.361 e. The number of ether oxygens (including phenoxy) is 2. The molecule has 0 atom stereocenters. The first-order valence-electron chi connectivity index (χ1n) is 8.01. The Morgan fingerprint density at radius 1 is 1.00 bits per heavy atom. The molecule has 7 heteroatoms. The van der Waals surface area contributed by atoms with E-state index in [-0.39, 0.29) is 12.3 Å². The first-order valence-corrected chi connectivity index (χ1v) is 8.01. The Labute approximate surface area is 150 Å². The number of carbonyl (C=O) groups excluding carboxylic acids is 2. The Kier molecular flexibility index (Phi) is 5.07. The van der Waals surface area contributed by atoms with E-state index in [0.717, 1.165) is 11.1 Å². The molecule has 0 aliphatic carbocycles. The van der Waals surface area contributed by atoms with Gasteiger partial charge in [-0.2, -0.15) is 10.3 Å². The Balaban J connectivity index is 2.10. The molecule has 2 aromatic carbocycles. The molecule has 0 unspecified atom stereocenters. The van der Waals surface area contributed by atoms with Gasteiger partial charge in [0.1, 0.15) is 5.69 Å². The Bertz CT molecular complexity index is 949. The zero-order chi connectivity index (χ0) is 18.5. The van der Waals surface area contributed by atoms with Gasteiger partial charge in [0.15, 0.2) is 5.69 Å². The van der Waals surface area contributed by atoms with Crippen LogP contribution in [-0.4, -0.2) is 41.1 Å². The molecular formula is C19H17N3O4. The fourth-order valence-corrected chi connectivity index (χ4v) is 2.63. The second-order valence-corrected chi connectivity index (χ2v) is 5.36. The first kappa shape index (κ1) is 17.3. The highest BCUT2D eigenvalue weighted by Crippen LogP contribution is 2.32. The van der Waals surface area contributed by atoms with E-state index in [1.807, 2.05) is 30.3 Å². The van der Waals surface area contributed by atoms with Gasteiger partial charge in [-0.25, -0.2) is 9.59 Å². The molecule has 1 aromatic heterocycles. The molecule has 132 valence electrons. The molecule has 0 saturated heterocycles. The smallest absolute Gasteiger partial charge is 0.361 e. The van der Waals surface area contributed by atoms with E-state index in [1.54, 1.807) is 25.1 Å². The molecule has 1 N–H and O–H groups in total. The molecule has 7 nitrogen and oxygen atoms in total. The SMILES string of the molecule is CCOC(=O)c1n[nH]nc1-c1ccccc1-c1cccc(C(=O)OC)c1. The highest BCUT2D eigenvalue weighted by atomic mass is 16.5. The van der Waals surface area contributed by atoms with Gasteiger partial charge in [-0.1, -0.05) is 36.4 Å². The van der Waals surface area contributed by atoms with Crippen LogP contribution in [0.2, 0.25) is 0 Å². The summed E-state index contributed by atoms with van der Waals surface area (Å²) in [7, 11) is 1.34. The molecule has 0 aliphatic heterocycles. The largest absolute Gasteiger partial charge is 0.465 e. The molecule has 0 aliphatic rings. The highest BCUT2D eigenvalue weighted by Gasteiger charge is 2.21. The average molecular weight is 351 g/mol. The number of carbonyl (C=O) groups is 2. The summed E-state index contributed by atoms with van der Waals surface area (Å²) in [5.74, 6) is -0.965. The van der Waals surface area contributed by atoms with Gasteiger partial charge in [-0.15, -0.1) is 5.10 Å². The normalized spacial score (nSPS) is 10.4. The van der Waals surface area contributed by atoms with Gasteiger partial charge in [0.05, 0.1) is 19.3 Å². The molecule has 0 amide bonds. The third-order valence-electron chi connectivity index (χ3n) is 3.79. The summed E-state index contributed by atoms with van der Waals surface area (Å²) in [5.41, 5.74) is 3.24. The van der Waals surface area contributed by atoms with Crippen molar-refractivity contribution in [2.75, 3.05) is 13.7 Å². The van der Waals surface area contributed by atoms with Crippen LogP contribution in [0.5, 0.6) is 0 Å². The van der Waals surface area contributed by atoms with Crippen molar-refractivity contribution in [1.82, 2.24) is 15.4 Å². The quantitative estimate of drug-likeness (QED) is 0.710. The van der Waals surface area contributed by atoms with Gasteiger partial charge in [0.2, 0.25) is 0 Å². The number of aromatic nitrogens is 3. The monoisotopic (exact) mass is 351 g/mol. The fraction of sp³-hybridized carbons (Fsp3) is 0.158. The molecule has 0 saturated carbocycles. The summed E-state index contributed by atoms with van der Waals surface area (Å²) < 4.78 is 9.82. The van der Waals surface area contributed by atoms with E-state index in [9.17, 15) is 9.59 Å². The van der Waals surface area contributed by atoms with Gasteiger partial charge in [0, 0.05) is 5.56 Å². The maximum atomic E-state index is 12.1. The van der Waals surface area contributed by atoms with E-state index in [4.69, 9.17) is 9.47 Å². The molecule has 1 heterocycles. The third-order valence-corrected chi connectivity index (χ3v) is 3.79. The summed E-state index contributed by atoms with van der Waals surface area (Å²) in [6.07, 6.45) is 0. The van der Waals surface area contributed by atoms with Gasteiger partial charge in [0.25, 0.3) is 0 Å². The molecule has 3 rings (SSSR count). The standard InChI is InChI=1S/C19H17N3O4/c1-3-26-19(24)17-16(20-22-21-17)15-10-5-4-9-14(15)12-7-6-8-13(11-12)18(23)25-2/h4-11H,3H2,1-2H3,(H,20,21,22). The first-order chi connectivity index (χ1) is 12.7. The van der Waals surface area contributed by atoms with Crippen molar-refractivity contribution >= 4 is 11.9 Å². The predicted octanol–water partition coefficient (Wildman–Crippen LogP) is 3.10. The number of methoxy groups -OCH3 is 1. The summed E-state index contributed by atoms with van der Waals surface area (Å²) in [5, 5.41) is 10.5. The number of H-pyrrole nitrogens is 1. The van der Waals surface area contributed by atoms with Crippen LogP contribution in [0.25, 0.3) is 22.4 Å². The van der Waals surface area contributed by atoms with Crippen molar-refractivity contribution in [2.24, 2.45) is 0 Å². The van der Waals surface area contributed by atoms with Crippen LogP contribution in [-0.2, 0) is 9.47 Å². The number of esters is 2. The minimum Gasteiger partial charge on any atom is -0.465 e. The van der Waals surface area contributed by atoms with Crippen molar-refractivity contribution in [3.8, 4) is 22.4 Å². The van der Waals surface area contributed by atoms with E-state index < -0.39 is 11.9 Å². The van der Waals surface area contributed by atoms with Crippen LogP contribution in [0.15, 0.2) is 48.5 Å². The lowest BCUT2D eigenvalue weighted by atomic mass is 9.95. The van der Waals surface area contributed by atoms with E-state index in [2.05, 4.69) is 15.4 Å². The number of nitrogens with zero attached hydrogens (tertiary/aromatic N) is 2. The molecule has 3 aromatic rings. The molecule has 0 fully saturated rings. The minimum absolute atomic E-state index is 0.114. The molecule has 26 heavy (non-hydrogen) atoms. The van der Waals surface area contributed by atoms with Crippen LogP contribution in [0.4, 0.5) is 0 Å². The number of aromatic amines is 1. The zero-order valence-corrected chi connectivity index (χ0v) is 14.4. The second kappa shape index (κ2) is 7.60. The average Bonchev–Trinajstić information content (AvgIpc) is 3.17. The van der Waals surface area contributed by atoms with Crippen molar-refractivity contribution in [3.63, 3.8) is 0 Å². The predicted molar refractivity (Wildman–Crippen MR) is 94.6 cm³/mol. The molecule has 0 bridgehead atoms. The zero-order valence-electron chi connectivity index (χ0n) is 14.4. The van der Waals surface area contributed by atoms with Crippen molar-refractivity contribution in [1.29, 1.82) is 0 Å². The fourth-order valence-electron chi connectivity index (χ4n) is 2.63. The number of benzene rings is 2. The Hall–Kier alpha value is -3.48. The lowest BCUT2D eigenvalue weighted by Gasteiger charge is -2.10. The maximum absolute atomic E-state index is 12.1. The van der Waals surface area contributed by atoms with E-state index in [0.29, 0.717) is 16.8 Å². The highest BCUT2D eigenvalue weighted by molar-refractivity contribution is 5.97. The van der Waals surface area contributed by atoms with Gasteiger partial charge < -0.3 is 9.47 Å². The lowest BCUT2D eigenvalue weighted by molar-refractivity contribution is 0.0519. The van der Waals surface area contributed by atoms with Crippen LogP contribution in [0, 0.1) is 0 Å². The number of rotatable bonds is 5. The Morgan fingerprint density at radius 2 is 1.77 bits per heavy atom. The van der Waals surface area contributed by atoms with Crippen LogP contribution in [0.1, 0.15) is 27.8 Å². The number of hydrogen-bond donors (Lipinski definition) is 1. The second-order valence-electron chi connectivity index (χ2n) is 5.36. The third kappa shape index (κ3) is 3.32. The van der Waals surface area contributed by atoms with Crippen molar-refractivity contribution < 1.29 is 19.1 Å². The molecule has 0 radical (unpaired) electrons. The lowest BCUT2D eigenvalue weighted by Crippen LogP contribution is -2.07. The van der Waals surface area contributed by atoms with Gasteiger partial charge in [-0.05, 0) is 30.2 Å². The van der Waals surface area contributed by atoms with Crippen molar-refractivity contribution in [3.05, 3.63) is 59.8 Å². The topological polar surface area (TPSA) is 94.2 Å². The van der Waals surface area contributed by atoms with Crippen LogP contribution in [0.3, 0.4) is 0 Å². The summed E-state index contributed by atoms with van der Waals surface area (Å²) in [6.45, 7) is 1.97.